The quantitative estimate of drug-likeness (QED) is 0.342. The lowest BCUT2D eigenvalue weighted by molar-refractivity contribution is -0.131. The number of nitrogens with zero attached hydrogens (tertiary/aromatic N) is 2. The van der Waals surface area contributed by atoms with Crippen molar-refractivity contribution in [2.75, 3.05) is 5.75 Å². The van der Waals surface area contributed by atoms with Crippen LogP contribution in [0.2, 0.25) is 10.0 Å². The zero-order valence-corrected chi connectivity index (χ0v) is 15.4. The minimum absolute atomic E-state index is 0.0204. The van der Waals surface area contributed by atoms with E-state index >= 15 is 0 Å². The topological polar surface area (TPSA) is 65.2 Å². The van der Waals surface area contributed by atoms with Gasteiger partial charge in [-0.2, -0.15) is 0 Å². The lowest BCUT2D eigenvalue weighted by atomic mass is 10.2. The SMILES string of the molecule is Cc1ccc(Cl)c(OC(=O)CSc2nnc(-c3ccc(Cl)cc3)o2)c1. The molecular weight excluding hydrogens is 383 g/mol. The third-order valence-corrected chi connectivity index (χ3v) is 4.48. The summed E-state index contributed by atoms with van der Waals surface area (Å²) in [6.45, 7) is 1.89. The molecule has 8 heteroatoms. The van der Waals surface area contributed by atoms with Crippen molar-refractivity contribution in [2.45, 2.75) is 12.1 Å². The molecule has 0 radical (unpaired) electrons. The molecule has 1 heterocycles. The molecule has 0 amide bonds. The van der Waals surface area contributed by atoms with Gasteiger partial charge in [0.25, 0.3) is 5.22 Å². The largest absolute Gasteiger partial charge is 0.424 e. The van der Waals surface area contributed by atoms with Crippen LogP contribution in [0.5, 0.6) is 5.75 Å². The first-order chi connectivity index (χ1) is 12.0. The van der Waals surface area contributed by atoms with Crippen LogP contribution in [0.3, 0.4) is 0 Å². The Kier molecular flexibility index (Phi) is 5.63. The van der Waals surface area contributed by atoms with Crippen molar-refractivity contribution in [3.8, 4) is 17.2 Å². The maximum atomic E-state index is 12.0. The van der Waals surface area contributed by atoms with Crippen molar-refractivity contribution in [3.05, 3.63) is 58.1 Å². The summed E-state index contributed by atoms with van der Waals surface area (Å²) in [5.41, 5.74) is 1.70. The number of thioether (sulfide) groups is 1. The highest BCUT2D eigenvalue weighted by Gasteiger charge is 2.13. The molecule has 25 heavy (non-hydrogen) atoms. The molecule has 0 N–H and O–H groups in total. The smallest absolute Gasteiger partial charge is 0.321 e. The summed E-state index contributed by atoms with van der Waals surface area (Å²) < 4.78 is 10.8. The van der Waals surface area contributed by atoms with E-state index in [4.69, 9.17) is 32.4 Å². The summed E-state index contributed by atoms with van der Waals surface area (Å²) in [4.78, 5) is 12.0. The summed E-state index contributed by atoms with van der Waals surface area (Å²) in [6, 6.07) is 12.2. The van der Waals surface area contributed by atoms with Gasteiger partial charge in [-0.3, -0.25) is 4.79 Å². The first kappa shape index (κ1) is 17.8. The number of benzene rings is 2. The van der Waals surface area contributed by atoms with Gasteiger partial charge in [-0.05, 0) is 48.9 Å². The van der Waals surface area contributed by atoms with Gasteiger partial charge in [0.2, 0.25) is 5.89 Å². The van der Waals surface area contributed by atoms with Crippen molar-refractivity contribution >= 4 is 40.9 Å². The summed E-state index contributed by atoms with van der Waals surface area (Å²) in [5.74, 6) is 0.254. The van der Waals surface area contributed by atoms with Gasteiger partial charge in [0.05, 0.1) is 5.02 Å². The van der Waals surface area contributed by atoms with Gasteiger partial charge in [0, 0.05) is 10.6 Å². The number of carbonyl (C=O) groups is 1. The van der Waals surface area contributed by atoms with Crippen LogP contribution in [0.15, 0.2) is 52.1 Å². The van der Waals surface area contributed by atoms with Crippen LogP contribution in [-0.2, 0) is 4.79 Å². The van der Waals surface area contributed by atoms with Gasteiger partial charge < -0.3 is 9.15 Å². The zero-order valence-electron chi connectivity index (χ0n) is 13.0. The van der Waals surface area contributed by atoms with E-state index in [0.717, 1.165) is 22.9 Å². The first-order valence-electron chi connectivity index (χ1n) is 7.20. The summed E-state index contributed by atoms with van der Waals surface area (Å²) >= 11 is 12.9. The molecule has 1 aromatic heterocycles. The number of hydrogen-bond donors (Lipinski definition) is 0. The third-order valence-electron chi connectivity index (χ3n) is 3.12. The predicted octanol–water partition coefficient (Wildman–Crippen LogP) is 5.05. The third kappa shape index (κ3) is 4.75. The normalized spacial score (nSPS) is 10.7. The molecule has 0 saturated carbocycles. The van der Waals surface area contributed by atoms with E-state index in [2.05, 4.69) is 10.2 Å². The molecule has 128 valence electrons. The van der Waals surface area contributed by atoms with Crippen molar-refractivity contribution in [1.29, 1.82) is 0 Å². The lowest BCUT2D eigenvalue weighted by Crippen LogP contribution is -2.11. The molecule has 0 fully saturated rings. The molecule has 3 aromatic rings. The fourth-order valence-corrected chi connectivity index (χ4v) is 2.76. The van der Waals surface area contributed by atoms with Gasteiger partial charge in [0.1, 0.15) is 11.5 Å². The number of hydrogen-bond acceptors (Lipinski definition) is 6. The Labute approximate surface area is 158 Å². The van der Waals surface area contributed by atoms with Crippen LogP contribution in [0, 0.1) is 6.92 Å². The molecule has 0 bridgehead atoms. The predicted molar refractivity (Wildman–Crippen MR) is 97.3 cm³/mol. The highest BCUT2D eigenvalue weighted by Crippen LogP contribution is 2.27. The van der Waals surface area contributed by atoms with Crippen molar-refractivity contribution < 1.29 is 13.9 Å². The number of esters is 1. The van der Waals surface area contributed by atoms with Crippen LogP contribution >= 0.6 is 35.0 Å². The number of carbonyl (C=O) groups excluding carboxylic acids is 1. The first-order valence-corrected chi connectivity index (χ1v) is 8.94. The maximum absolute atomic E-state index is 12.0. The molecular formula is C17H12Cl2N2O3S. The number of ether oxygens (including phenoxy) is 1. The van der Waals surface area contributed by atoms with Gasteiger partial charge >= 0.3 is 5.97 Å². The molecule has 0 spiro atoms. The van der Waals surface area contributed by atoms with E-state index in [1.807, 2.05) is 13.0 Å². The zero-order chi connectivity index (χ0) is 17.8. The average Bonchev–Trinajstić information content (AvgIpc) is 3.06. The summed E-state index contributed by atoms with van der Waals surface area (Å²) in [7, 11) is 0. The van der Waals surface area contributed by atoms with Crippen LogP contribution < -0.4 is 4.74 Å². The van der Waals surface area contributed by atoms with E-state index < -0.39 is 5.97 Å². The summed E-state index contributed by atoms with van der Waals surface area (Å²) in [5, 5.41) is 9.13. The minimum atomic E-state index is -0.455. The van der Waals surface area contributed by atoms with Gasteiger partial charge in [0.15, 0.2) is 0 Å². The lowest BCUT2D eigenvalue weighted by Gasteiger charge is -2.06. The average molecular weight is 395 g/mol. The second-order valence-corrected chi connectivity index (χ2v) is 6.85. The molecule has 5 nitrogen and oxygen atoms in total. The van der Waals surface area contributed by atoms with E-state index in [1.54, 1.807) is 36.4 Å². The Balaban J connectivity index is 1.59. The molecule has 0 unspecified atom stereocenters. The van der Waals surface area contributed by atoms with Crippen molar-refractivity contribution in [1.82, 2.24) is 10.2 Å². The molecule has 2 aromatic carbocycles. The molecule has 0 saturated heterocycles. The monoisotopic (exact) mass is 394 g/mol. The summed E-state index contributed by atoms with van der Waals surface area (Å²) in [6.07, 6.45) is 0. The number of halogens is 2. The number of aryl methyl sites for hydroxylation is 1. The van der Waals surface area contributed by atoms with Gasteiger partial charge in [-0.15, -0.1) is 10.2 Å². The van der Waals surface area contributed by atoms with Crippen molar-refractivity contribution in [2.24, 2.45) is 0 Å². The fourth-order valence-electron chi connectivity index (χ4n) is 1.94. The molecule has 0 aliphatic heterocycles. The minimum Gasteiger partial charge on any atom is -0.424 e. The Morgan fingerprint density at radius 2 is 1.92 bits per heavy atom. The highest BCUT2D eigenvalue weighted by molar-refractivity contribution is 7.99. The Hall–Kier alpha value is -2.02. The molecule has 0 atom stereocenters. The highest BCUT2D eigenvalue weighted by atomic mass is 35.5. The number of rotatable bonds is 5. The van der Waals surface area contributed by atoms with Crippen molar-refractivity contribution in [3.63, 3.8) is 0 Å². The van der Waals surface area contributed by atoms with E-state index in [0.29, 0.717) is 21.7 Å². The second-order valence-electron chi connectivity index (χ2n) is 5.08. The van der Waals surface area contributed by atoms with Gasteiger partial charge in [-0.1, -0.05) is 41.0 Å². The van der Waals surface area contributed by atoms with Crippen LogP contribution in [0.25, 0.3) is 11.5 Å². The Morgan fingerprint density at radius 3 is 2.68 bits per heavy atom. The van der Waals surface area contributed by atoms with Crippen LogP contribution in [0.1, 0.15) is 5.56 Å². The van der Waals surface area contributed by atoms with E-state index in [9.17, 15) is 4.79 Å². The molecule has 0 aliphatic carbocycles. The van der Waals surface area contributed by atoms with Crippen LogP contribution in [-0.4, -0.2) is 21.9 Å². The van der Waals surface area contributed by atoms with Gasteiger partial charge in [-0.25, -0.2) is 0 Å². The van der Waals surface area contributed by atoms with E-state index in [1.165, 1.54) is 0 Å². The maximum Gasteiger partial charge on any atom is 0.321 e. The van der Waals surface area contributed by atoms with E-state index in [-0.39, 0.29) is 11.0 Å². The number of aromatic nitrogens is 2. The molecule has 3 rings (SSSR count). The Morgan fingerprint density at radius 1 is 1.16 bits per heavy atom. The van der Waals surface area contributed by atoms with Crippen LogP contribution in [0.4, 0.5) is 0 Å². The molecule has 0 aliphatic rings. The standard InChI is InChI=1S/C17H12Cl2N2O3S/c1-10-2-7-13(19)14(8-10)23-15(22)9-25-17-21-20-16(24-17)11-3-5-12(18)6-4-11/h2-8H,9H2,1H3. The Bertz CT molecular complexity index is 897. The second kappa shape index (κ2) is 7.91. The fraction of sp³-hybridized carbons (Fsp3) is 0.118.